The predicted octanol–water partition coefficient (Wildman–Crippen LogP) is 11.8. The van der Waals surface area contributed by atoms with Crippen LogP contribution in [0.5, 0.6) is 0 Å². The molecule has 0 fully saturated rings. The van der Waals surface area contributed by atoms with Crippen molar-refractivity contribution in [2.45, 2.75) is 12.8 Å². The van der Waals surface area contributed by atoms with Gasteiger partial charge >= 0.3 is 0 Å². The van der Waals surface area contributed by atoms with Crippen LogP contribution in [0.15, 0.2) is 170 Å². The molecule has 0 aliphatic heterocycles. The summed E-state index contributed by atoms with van der Waals surface area (Å²) in [5, 5.41) is 5.02. The van der Waals surface area contributed by atoms with Gasteiger partial charge in [0, 0.05) is 33.9 Å². The third kappa shape index (κ3) is 4.41. The summed E-state index contributed by atoms with van der Waals surface area (Å²) in [6.07, 6.45) is 5.75. The Bertz CT molecular complexity index is 2770. The zero-order chi connectivity index (χ0) is 34.2. The van der Waals surface area contributed by atoms with Crippen molar-refractivity contribution in [1.29, 1.82) is 0 Å². The van der Waals surface area contributed by atoms with E-state index in [-0.39, 0.29) is 0 Å². The summed E-state index contributed by atoms with van der Waals surface area (Å²) in [6.45, 7) is 0. The molecule has 52 heavy (non-hydrogen) atoms. The van der Waals surface area contributed by atoms with Crippen molar-refractivity contribution in [3.8, 4) is 45.0 Å². The monoisotopic (exact) mass is 664 g/mol. The highest BCUT2D eigenvalue weighted by molar-refractivity contribution is 6.14. The summed E-state index contributed by atoms with van der Waals surface area (Å²) in [6, 6.07) is 57.1. The molecule has 4 heteroatoms. The molecule has 0 saturated heterocycles. The topological polar surface area (TPSA) is 35.6 Å². The van der Waals surface area contributed by atoms with Crippen LogP contribution < -0.4 is 0 Å². The van der Waals surface area contributed by atoms with Crippen molar-refractivity contribution >= 4 is 43.6 Å². The van der Waals surface area contributed by atoms with Gasteiger partial charge in [-0.05, 0) is 130 Å². The standard InChI is InChI=1S/C48H32N4/c1-3-11-31(12-4-1)33-19-21-43-39(25-33)41-27-35-17-18-36-28-42-40-26-34(32-13-5-2-6-14-32)20-22-44(40)52(48-16-8-10-24-50-48)46(42)30-38(36)37(35)29-45(41)51(43)47-15-7-9-23-49-47/h1-16,19-30H,17-18H2. The van der Waals surface area contributed by atoms with Crippen LogP contribution in [0.4, 0.5) is 0 Å². The average molecular weight is 665 g/mol. The third-order valence-corrected chi connectivity index (χ3v) is 10.9. The molecule has 1 aliphatic carbocycles. The van der Waals surface area contributed by atoms with Gasteiger partial charge in [0.25, 0.3) is 0 Å². The fourth-order valence-electron chi connectivity index (χ4n) is 8.49. The Balaban J connectivity index is 1.18. The lowest BCUT2D eigenvalue weighted by Crippen LogP contribution is -2.05. The minimum absolute atomic E-state index is 0.922. The van der Waals surface area contributed by atoms with Crippen molar-refractivity contribution in [2.75, 3.05) is 0 Å². The Morgan fingerprint density at radius 2 is 0.769 bits per heavy atom. The first-order valence-electron chi connectivity index (χ1n) is 17.9. The first kappa shape index (κ1) is 29.0. The van der Waals surface area contributed by atoms with Crippen molar-refractivity contribution in [1.82, 2.24) is 19.1 Å². The zero-order valence-corrected chi connectivity index (χ0v) is 28.4. The Labute approximate surface area is 300 Å². The Hall–Kier alpha value is -6.78. The minimum Gasteiger partial charge on any atom is -0.294 e. The van der Waals surface area contributed by atoms with Gasteiger partial charge in [-0.25, -0.2) is 9.97 Å². The van der Waals surface area contributed by atoms with Gasteiger partial charge < -0.3 is 0 Å². The lowest BCUT2D eigenvalue weighted by atomic mass is 9.84. The molecule has 0 amide bonds. The summed E-state index contributed by atoms with van der Waals surface area (Å²) in [5.41, 5.74) is 14.9. The van der Waals surface area contributed by atoms with Crippen LogP contribution in [0.2, 0.25) is 0 Å². The summed E-state index contributed by atoms with van der Waals surface area (Å²) in [7, 11) is 0. The van der Waals surface area contributed by atoms with Crippen LogP contribution in [0.1, 0.15) is 11.1 Å². The van der Waals surface area contributed by atoms with E-state index in [0.29, 0.717) is 0 Å². The van der Waals surface area contributed by atoms with Crippen LogP contribution in [0, 0.1) is 0 Å². The van der Waals surface area contributed by atoms with E-state index in [4.69, 9.17) is 9.97 Å². The van der Waals surface area contributed by atoms with E-state index < -0.39 is 0 Å². The van der Waals surface area contributed by atoms with Crippen molar-refractivity contribution in [3.05, 3.63) is 181 Å². The first-order valence-corrected chi connectivity index (χ1v) is 17.9. The number of fused-ring (bicyclic) bond motifs is 9. The summed E-state index contributed by atoms with van der Waals surface area (Å²) < 4.78 is 4.67. The number of benzene rings is 6. The fourth-order valence-corrected chi connectivity index (χ4v) is 8.49. The van der Waals surface area contributed by atoms with Gasteiger partial charge in [-0.3, -0.25) is 9.13 Å². The molecule has 0 unspecified atom stereocenters. The van der Waals surface area contributed by atoms with Gasteiger partial charge in [0.2, 0.25) is 0 Å². The van der Waals surface area contributed by atoms with Gasteiger partial charge in [0.05, 0.1) is 22.1 Å². The number of nitrogens with zero attached hydrogens (tertiary/aromatic N) is 4. The van der Waals surface area contributed by atoms with E-state index in [9.17, 15) is 0 Å². The molecule has 4 aromatic heterocycles. The molecular formula is C48H32N4. The van der Waals surface area contributed by atoms with Crippen molar-refractivity contribution in [3.63, 3.8) is 0 Å². The second-order valence-electron chi connectivity index (χ2n) is 13.8. The largest absolute Gasteiger partial charge is 0.294 e. The van der Waals surface area contributed by atoms with Crippen LogP contribution in [0.25, 0.3) is 88.6 Å². The minimum atomic E-state index is 0.922. The van der Waals surface area contributed by atoms with Gasteiger partial charge in [-0.1, -0.05) is 84.9 Å². The Morgan fingerprint density at radius 3 is 1.19 bits per heavy atom. The molecule has 4 nitrogen and oxygen atoms in total. The Morgan fingerprint density at radius 1 is 0.346 bits per heavy atom. The highest BCUT2D eigenvalue weighted by Crippen LogP contribution is 2.44. The molecular weight excluding hydrogens is 633 g/mol. The molecule has 0 saturated carbocycles. The molecule has 10 aromatic rings. The van der Waals surface area contributed by atoms with E-state index in [1.54, 1.807) is 0 Å². The number of hydrogen-bond acceptors (Lipinski definition) is 2. The summed E-state index contributed by atoms with van der Waals surface area (Å²) in [4.78, 5) is 9.70. The summed E-state index contributed by atoms with van der Waals surface area (Å²) in [5.74, 6) is 1.84. The Kier molecular flexibility index (Phi) is 6.34. The average Bonchev–Trinajstić information content (AvgIpc) is 3.71. The van der Waals surface area contributed by atoms with Crippen LogP contribution >= 0.6 is 0 Å². The molecule has 4 heterocycles. The SMILES string of the molecule is c1ccc(-c2ccc3c(c2)c2cc4c(cc2n3-c2ccccn2)-c2cc3c(cc2CC4)c2cc(-c4ccccc4)ccc2n3-c2ccccn2)cc1. The zero-order valence-electron chi connectivity index (χ0n) is 28.4. The lowest BCUT2D eigenvalue weighted by molar-refractivity contribution is 0.945. The van der Waals surface area contributed by atoms with Crippen LogP contribution in [-0.2, 0) is 12.8 Å². The van der Waals surface area contributed by atoms with Crippen molar-refractivity contribution < 1.29 is 0 Å². The third-order valence-electron chi connectivity index (χ3n) is 10.9. The van der Waals surface area contributed by atoms with Gasteiger partial charge in [0.15, 0.2) is 0 Å². The predicted molar refractivity (Wildman–Crippen MR) is 214 cm³/mol. The molecule has 0 N–H and O–H groups in total. The summed E-state index contributed by atoms with van der Waals surface area (Å²) >= 11 is 0. The molecule has 0 bridgehead atoms. The smallest absolute Gasteiger partial charge is 0.137 e. The number of hydrogen-bond donors (Lipinski definition) is 0. The maximum absolute atomic E-state index is 4.85. The number of aromatic nitrogens is 4. The van der Waals surface area contributed by atoms with E-state index >= 15 is 0 Å². The second-order valence-corrected chi connectivity index (χ2v) is 13.8. The number of aryl methyl sites for hydroxylation is 2. The van der Waals surface area contributed by atoms with Crippen LogP contribution in [-0.4, -0.2) is 19.1 Å². The molecule has 0 radical (unpaired) electrons. The molecule has 0 spiro atoms. The van der Waals surface area contributed by atoms with Crippen molar-refractivity contribution in [2.24, 2.45) is 0 Å². The quantitative estimate of drug-likeness (QED) is 0.188. The fraction of sp³-hybridized carbons (Fsp3) is 0.0417. The normalized spacial score (nSPS) is 12.5. The molecule has 11 rings (SSSR count). The van der Waals surface area contributed by atoms with E-state index in [1.165, 1.54) is 77.1 Å². The van der Waals surface area contributed by atoms with E-state index in [2.05, 4.69) is 155 Å². The maximum Gasteiger partial charge on any atom is 0.137 e. The highest BCUT2D eigenvalue weighted by atomic mass is 15.1. The molecule has 6 aromatic carbocycles. The second kappa shape index (κ2) is 11.4. The first-order chi connectivity index (χ1) is 25.8. The van der Waals surface area contributed by atoms with Gasteiger partial charge in [0.1, 0.15) is 11.6 Å². The van der Waals surface area contributed by atoms with Gasteiger partial charge in [-0.2, -0.15) is 0 Å². The van der Waals surface area contributed by atoms with E-state index in [1.807, 2.05) is 24.5 Å². The highest BCUT2D eigenvalue weighted by Gasteiger charge is 2.24. The molecule has 0 atom stereocenters. The number of pyridine rings is 2. The molecule has 1 aliphatic rings. The van der Waals surface area contributed by atoms with E-state index in [0.717, 1.165) is 35.5 Å². The molecule has 244 valence electrons. The lowest BCUT2D eigenvalue weighted by Gasteiger charge is -2.21. The van der Waals surface area contributed by atoms with Gasteiger partial charge in [-0.15, -0.1) is 0 Å². The van der Waals surface area contributed by atoms with Crippen LogP contribution in [0.3, 0.4) is 0 Å². The maximum atomic E-state index is 4.85. The number of rotatable bonds is 4.